The van der Waals surface area contributed by atoms with Crippen LogP contribution in [0, 0.1) is 3.57 Å². The van der Waals surface area contributed by atoms with Crippen LogP contribution >= 0.6 is 22.6 Å². The topological polar surface area (TPSA) is 37.8 Å². The lowest BCUT2D eigenvalue weighted by Crippen LogP contribution is -2.24. The molecule has 0 fully saturated rings. The number of aryl methyl sites for hydroxylation is 1. The van der Waals surface area contributed by atoms with Crippen LogP contribution in [0.2, 0.25) is 0 Å². The molecule has 1 N–H and O–H groups in total. The van der Waals surface area contributed by atoms with Gasteiger partial charge >= 0.3 is 0 Å². The fraction of sp³-hybridized carbons (Fsp3) is 0.375. The quantitative estimate of drug-likeness (QED) is 0.814. The van der Waals surface area contributed by atoms with Crippen LogP contribution in [0.1, 0.15) is 37.9 Å². The van der Waals surface area contributed by atoms with Gasteiger partial charge < -0.3 is 5.32 Å². The van der Waals surface area contributed by atoms with Crippen molar-refractivity contribution < 1.29 is 0 Å². The minimum absolute atomic E-state index is 0.207. The molecule has 0 amide bonds. The van der Waals surface area contributed by atoms with Crippen molar-refractivity contribution in [2.75, 3.05) is 12.4 Å². The van der Waals surface area contributed by atoms with Crippen molar-refractivity contribution in [3.63, 3.8) is 0 Å². The second-order valence-corrected chi connectivity index (χ2v) is 6.33. The number of halogens is 1. The number of nitrogens with zero attached hydrogens (tertiary/aromatic N) is 2. The molecule has 0 unspecified atom stereocenters. The number of benzene rings is 1. The van der Waals surface area contributed by atoms with Crippen LogP contribution in [0.3, 0.4) is 0 Å². The van der Waals surface area contributed by atoms with E-state index in [2.05, 4.69) is 72.9 Å². The largest absolute Gasteiger partial charge is 0.372 e. The molecule has 0 bridgehead atoms. The first-order chi connectivity index (χ1) is 9.50. The van der Waals surface area contributed by atoms with Gasteiger partial charge in [0.15, 0.2) is 0 Å². The van der Waals surface area contributed by atoms with Crippen molar-refractivity contribution >= 4 is 28.4 Å². The van der Waals surface area contributed by atoms with Gasteiger partial charge in [-0.3, -0.25) is 0 Å². The van der Waals surface area contributed by atoms with Crippen molar-refractivity contribution in [2.24, 2.45) is 0 Å². The Kier molecular flexibility index (Phi) is 4.62. The average Bonchev–Trinajstić information content (AvgIpc) is 2.48. The van der Waals surface area contributed by atoms with Gasteiger partial charge in [0.2, 0.25) is 0 Å². The maximum Gasteiger partial charge on any atom is 0.143 e. The zero-order valence-corrected chi connectivity index (χ0v) is 14.5. The van der Waals surface area contributed by atoms with E-state index in [1.807, 2.05) is 13.1 Å². The molecule has 0 aliphatic heterocycles. The molecular formula is C16H20IN3. The molecule has 0 spiro atoms. The molecule has 0 saturated heterocycles. The van der Waals surface area contributed by atoms with Crippen molar-refractivity contribution in [3.05, 3.63) is 51.0 Å². The number of hydrogen-bond donors (Lipinski definition) is 1. The maximum absolute atomic E-state index is 4.79. The molecule has 4 heteroatoms. The van der Waals surface area contributed by atoms with Crippen molar-refractivity contribution in [2.45, 2.75) is 32.6 Å². The first-order valence-corrected chi connectivity index (χ1v) is 7.88. The van der Waals surface area contributed by atoms with Crippen molar-refractivity contribution in [3.8, 4) is 0 Å². The third-order valence-electron chi connectivity index (χ3n) is 3.55. The van der Waals surface area contributed by atoms with E-state index in [1.165, 1.54) is 5.56 Å². The number of rotatable bonds is 4. The summed E-state index contributed by atoms with van der Waals surface area (Å²) in [5, 5.41) is 3.18. The predicted molar refractivity (Wildman–Crippen MR) is 92.2 cm³/mol. The van der Waals surface area contributed by atoms with Crippen LogP contribution < -0.4 is 5.32 Å². The molecule has 20 heavy (non-hydrogen) atoms. The zero-order chi connectivity index (χ0) is 14.8. The summed E-state index contributed by atoms with van der Waals surface area (Å²) < 4.78 is 1.11. The fourth-order valence-electron chi connectivity index (χ4n) is 2.16. The molecule has 2 rings (SSSR count). The summed E-state index contributed by atoms with van der Waals surface area (Å²) in [6.45, 7) is 6.47. The van der Waals surface area contributed by atoms with Gasteiger partial charge in [-0.1, -0.05) is 37.3 Å². The Morgan fingerprint density at radius 1 is 1.15 bits per heavy atom. The van der Waals surface area contributed by atoms with Gasteiger partial charge in [-0.05, 0) is 48.4 Å². The summed E-state index contributed by atoms with van der Waals surface area (Å²) in [4.78, 5) is 9.51. The Morgan fingerprint density at radius 3 is 2.35 bits per heavy atom. The number of aromatic nitrogens is 2. The van der Waals surface area contributed by atoms with Gasteiger partial charge in [0.25, 0.3) is 0 Å². The minimum atomic E-state index is -0.207. The third kappa shape index (κ3) is 2.80. The Bertz CT molecular complexity index is 569. The monoisotopic (exact) mass is 381 g/mol. The Balaban J connectivity index is 2.57. The highest BCUT2D eigenvalue weighted by Gasteiger charge is 2.28. The highest BCUT2D eigenvalue weighted by Crippen LogP contribution is 2.31. The van der Waals surface area contributed by atoms with E-state index in [4.69, 9.17) is 9.97 Å². The van der Waals surface area contributed by atoms with Gasteiger partial charge in [-0.15, -0.1) is 0 Å². The number of hydrogen-bond acceptors (Lipinski definition) is 3. The summed E-state index contributed by atoms with van der Waals surface area (Å²) in [7, 11) is 1.91. The Morgan fingerprint density at radius 2 is 1.80 bits per heavy atom. The van der Waals surface area contributed by atoms with Gasteiger partial charge in [0, 0.05) is 12.5 Å². The second kappa shape index (κ2) is 6.08. The highest BCUT2D eigenvalue weighted by molar-refractivity contribution is 14.1. The van der Waals surface area contributed by atoms with E-state index in [0.29, 0.717) is 0 Å². The SMILES string of the molecule is CCc1nc(C(C)(C)c2ccccc2)nc(NC)c1I. The first kappa shape index (κ1) is 15.2. The number of anilines is 1. The minimum Gasteiger partial charge on any atom is -0.372 e. The van der Waals surface area contributed by atoms with Crippen LogP contribution in [0.4, 0.5) is 5.82 Å². The molecule has 0 radical (unpaired) electrons. The van der Waals surface area contributed by atoms with E-state index in [9.17, 15) is 0 Å². The molecule has 0 atom stereocenters. The van der Waals surface area contributed by atoms with Gasteiger partial charge in [0.1, 0.15) is 11.6 Å². The predicted octanol–water partition coefficient (Wildman–Crippen LogP) is 4.01. The Labute approximate surface area is 134 Å². The average molecular weight is 381 g/mol. The lowest BCUT2D eigenvalue weighted by Gasteiger charge is -2.25. The smallest absolute Gasteiger partial charge is 0.143 e. The molecule has 106 valence electrons. The first-order valence-electron chi connectivity index (χ1n) is 6.80. The van der Waals surface area contributed by atoms with Gasteiger partial charge in [0.05, 0.1) is 9.26 Å². The fourth-order valence-corrected chi connectivity index (χ4v) is 3.05. The van der Waals surface area contributed by atoms with Gasteiger partial charge in [-0.2, -0.15) is 0 Å². The van der Waals surface area contributed by atoms with Crippen LogP contribution in [0.25, 0.3) is 0 Å². The van der Waals surface area contributed by atoms with Crippen LogP contribution in [0.15, 0.2) is 30.3 Å². The molecule has 3 nitrogen and oxygen atoms in total. The molecule has 2 aromatic rings. The summed E-state index contributed by atoms with van der Waals surface area (Å²) in [5.41, 5.74) is 2.12. The van der Waals surface area contributed by atoms with E-state index < -0.39 is 0 Å². The van der Waals surface area contributed by atoms with E-state index in [1.54, 1.807) is 0 Å². The summed E-state index contributed by atoms with van der Waals surface area (Å²) in [5.74, 6) is 1.78. The van der Waals surface area contributed by atoms with Crippen molar-refractivity contribution in [1.29, 1.82) is 0 Å². The standard InChI is InChI=1S/C16H20IN3/c1-5-12-13(17)14(18-4)20-15(19-12)16(2,3)11-9-7-6-8-10-11/h6-10H,5H2,1-4H3,(H,18,19,20). The van der Waals surface area contributed by atoms with E-state index in [0.717, 1.165) is 27.3 Å². The molecular weight excluding hydrogens is 361 g/mol. The lowest BCUT2D eigenvalue weighted by atomic mass is 9.83. The molecule has 0 saturated carbocycles. The second-order valence-electron chi connectivity index (χ2n) is 5.25. The third-order valence-corrected chi connectivity index (χ3v) is 4.68. The summed E-state index contributed by atoms with van der Waals surface area (Å²) in [6.07, 6.45) is 0.910. The lowest BCUT2D eigenvalue weighted by molar-refractivity contribution is 0.585. The van der Waals surface area contributed by atoms with Crippen LogP contribution in [-0.4, -0.2) is 17.0 Å². The van der Waals surface area contributed by atoms with E-state index in [-0.39, 0.29) is 5.41 Å². The number of nitrogens with one attached hydrogen (secondary N) is 1. The summed E-state index contributed by atoms with van der Waals surface area (Å²) >= 11 is 2.31. The van der Waals surface area contributed by atoms with E-state index >= 15 is 0 Å². The van der Waals surface area contributed by atoms with Crippen molar-refractivity contribution in [1.82, 2.24) is 9.97 Å². The van der Waals surface area contributed by atoms with Crippen LogP contribution in [0.5, 0.6) is 0 Å². The maximum atomic E-state index is 4.79. The van der Waals surface area contributed by atoms with Gasteiger partial charge in [-0.25, -0.2) is 9.97 Å². The molecule has 1 heterocycles. The molecule has 0 aliphatic rings. The zero-order valence-electron chi connectivity index (χ0n) is 12.4. The normalized spacial score (nSPS) is 11.4. The molecule has 1 aromatic carbocycles. The summed E-state index contributed by atoms with van der Waals surface area (Å²) in [6, 6.07) is 10.4. The highest BCUT2D eigenvalue weighted by atomic mass is 127. The van der Waals surface area contributed by atoms with Crippen LogP contribution in [-0.2, 0) is 11.8 Å². The molecule has 0 aliphatic carbocycles. The Hall–Kier alpha value is -1.17. The molecule has 1 aromatic heterocycles.